The van der Waals surface area contributed by atoms with Gasteiger partial charge < -0.3 is 5.32 Å². The van der Waals surface area contributed by atoms with Crippen LogP contribution in [-0.2, 0) is 27.8 Å². The smallest absolute Gasteiger partial charge is 0.243 e. The molecule has 0 unspecified atom stereocenters. The van der Waals surface area contributed by atoms with E-state index in [0.717, 1.165) is 30.4 Å². The van der Waals surface area contributed by atoms with Crippen LogP contribution in [0, 0.1) is 0 Å². The third-order valence-corrected chi connectivity index (χ3v) is 7.74. The Bertz CT molecular complexity index is 1180. The van der Waals surface area contributed by atoms with Crippen molar-refractivity contribution >= 4 is 27.5 Å². The van der Waals surface area contributed by atoms with E-state index in [-0.39, 0.29) is 29.9 Å². The van der Waals surface area contributed by atoms with Crippen LogP contribution in [0.3, 0.4) is 0 Å². The number of fused-ring (bicyclic) bond motifs is 1. The highest BCUT2D eigenvalue weighted by Gasteiger charge is 2.29. The summed E-state index contributed by atoms with van der Waals surface area (Å²) in [6, 6.07) is 23.2. The highest BCUT2D eigenvalue weighted by Crippen LogP contribution is 2.29. The maximum atomic E-state index is 13.4. The van der Waals surface area contributed by atoms with Crippen molar-refractivity contribution in [1.82, 2.24) is 9.62 Å². The van der Waals surface area contributed by atoms with Gasteiger partial charge in [-0.1, -0.05) is 66.2 Å². The van der Waals surface area contributed by atoms with E-state index in [1.165, 1.54) is 34.1 Å². The second kappa shape index (κ2) is 9.86. The summed E-state index contributed by atoms with van der Waals surface area (Å²) in [6.45, 7) is -0.168. The van der Waals surface area contributed by atoms with Crippen molar-refractivity contribution in [3.05, 3.63) is 101 Å². The highest BCUT2D eigenvalue weighted by atomic mass is 35.5. The Morgan fingerprint density at radius 2 is 1.66 bits per heavy atom. The lowest BCUT2D eigenvalue weighted by molar-refractivity contribution is -0.122. The third-order valence-electron chi connectivity index (χ3n) is 5.68. The van der Waals surface area contributed by atoms with Crippen molar-refractivity contribution in [3.8, 4) is 0 Å². The van der Waals surface area contributed by atoms with Crippen molar-refractivity contribution in [2.75, 3.05) is 6.54 Å². The average molecular weight is 469 g/mol. The molecule has 166 valence electrons. The Hall–Kier alpha value is -2.67. The third kappa shape index (κ3) is 5.21. The summed E-state index contributed by atoms with van der Waals surface area (Å²) in [6.07, 6.45) is 2.82. The number of benzene rings is 3. The molecule has 0 saturated heterocycles. The predicted molar refractivity (Wildman–Crippen MR) is 126 cm³/mol. The number of nitrogens with one attached hydrogen (secondary N) is 1. The summed E-state index contributed by atoms with van der Waals surface area (Å²) in [5, 5.41) is 3.51. The monoisotopic (exact) mass is 468 g/mol. The normalized spacial score (nSPS) is 15.9. The topological polar surface area (TPSA) is 66.5 Å². The van der Waals surface area contributed by atoms with Crippen molar-refractivity contribution < 1.29 is 13.2 Å². The van der Waals surface area contributed by atoms with Gasteiger partial charge in [0.2, 0.25) is 15.9 Å². The summed E-state index contributed by atoms with van der Waals surface area (Å²) in [5.41, 5.74) is 3.15. The lowest BCUT2D eigenvalue weighted by atomic mass is 9.88. The molecule has 1 aliphatic carbocycles. The lowest BCUT2D eigenvalue weighted by Gasteiger charge is -2.28. The largest absolute Gasteiger partial charge is 0.348 e. The number of amides is 1. The van der Waals surface area contributed by atoms with Gasteiger partial charge in [-0.2, -0.15) is 4.31 Å². The molecule has 0 aliphatic heterocycles. The minimum Gasteiger partial charge on any atom is -0.348 e. The molecule has 32 heavy (non-hydrogen) atoms. The molecule has 1 aliphatic rings. The number of aryl methyl sites for hydroxylation is 1. The van der Waals surface area contributed by atoms with Crippen LogP contribution < -0.4 is 5.32 Å². The summed E-state index contributed by atoms with van der Waals surface area (Å²) in [5.74, 6) is -0.319. The van der Waals surface area contributed by atoms with Crippen LogP contribution in [0.1, 0.15) is 35.6 Å². The van der Waals surface area contributed by atoms with E-state index in [2.05, 4.69) is 11.4 Å². The van der Waals surface area contributed by atoms with E-state index in [1.54, 1.807) is 0 Å². The number of rotatable bonds is 7. The van der Waals surface area contributed by atoms with Gasteiger partial charge in [-0.25, -0.2) is 8.42 Å². The molecule has 1 N–H and O–H groups in total. The highest BCUT2D eigenvalue weighted by molar-refractivity contribution is 7.89. The fourth-order valence-corrected chi connectivity index (χ4v) is 5.58. The van der Waals surface area contributed by atoms with Gasteiger partial charge in [0, 0.05) is 11.6 Å². The van der Waals surface area contributed by atoms with E-state index in [0.29, 0.717) is 5.02 Å². The number of carbonyl (C=O) groups excluding carboxylic acids is 1. The number of nitrogens with zero attached hydrogens (tertiary/aromatic N) is 1. The van der Waals surface area contributed by atoms with Gasteiger partial charge in [0.15, 0.2) is 0 Å². The number of hydrogen-bond donors (Lipinski definition) is 1. The van der Waals surface area contributed by atoms with Gasteiger partial charge in [0.25, 0.3) is 0 Å². The molecule has 1 amide bonds. The summed E-state index contributed by atoms with van der Waals surface area (Å²) in [4.78, 5) is 13.1. The van der Waals surface area contributed by atoms with Gasteiger partial charge in [-0.3, -0.25) is 4.79 Å². The fraction of sp³-hybridized carbons (Fsp3) is 0.240. The van der Waals surface area contributed by atoms with Crippen LogP contribution >= 0.6 is 11.6 Å². The Morgan fingerprint density at radius 3 is 2.41 bits per heavy atom. The molecule has 0 heterocycles. The molecule has 3 aromatic carbocycles. The summed E-state index contributed by atoms with van der Waals surface area (Å²) >= 11 is 5.93. The molecule has 3 aromatic rings. The van der Waals surface area contributed by atoms with Crippen LogP contribution in [0.25, 0.3) is 0 Å². The standard InChI is InChI=1S/C25H25ClN2O3S/c26-21-13-15-22(16-14-21)32(30,31)28(17-19-7-2-1-3-8-19)18-25(29)27-24-12-6-10-20-9-4-5-11-23(20)24/h1-5,7-9,11,13-16,24H,6,10,12,17-18H2,(H,27,29)/t24-/m1/s1. The molecule has 5 nitrogen and oxygen atoms in total. The zero-order chi connectivity index (χ0) is 22.6. The first kappa shape index (κ1) is 22.5. The summed E-state index contributed by atoms with van der Waals surface area (Å²) < 4.78 is 28.0. The average Bonchev–Trinajstić information content (AvgIpc) is 2.80. The Labute approximate surface area is 194 Å². The molecule has 0 saturated carbocycles. The zero-order valence-corrected chi connectivity index (χ0v) is 19.1. The van der Waals surface area contributed by atoms with Gasteiger partial charge in [0.05, 0.1) is 17.5 Å². The van der Waals surface area contributed by atoms with Crippen LogP contribution in [0.15, 0.2) is 83.8 Å². The number of sulfonamides is 1. The Kier molecular flexibility index (Phi) is 6.94. The Morgan fingerprint density at radius 1 is 0.969 bits per heavy atom. The second-order valence-electron chi connectivity index (χ2n) is 7.92. The number of halogens is 1. The molecular weight excluding hydrogens is 444 g/mol. The van der Waals surface area contributed by atoms with E-state index in [1.807, 2.05) is 48.5 Å². The molecule has 0 aromatic heterocycles. The number of carbonyl (C=O) groups is 1. The van der Waals surface area contributed by atoms with E-state index in [4.69, 9.17) is 11.6 Å². The first-order valence-corrected chi connectivity index (χ1v) is 12.4. The number of hydrogen-bond acceptors (Lipinski definition) is 3. The SMILES string of the molecule is O=C(CN(Cc1ccccc1)S(=O)(=O)c1ccc(Cl)cc1)N[C@@H]1CCCc2ccccc21. The van der Waals surface area contributed by atoms with Crippen LogP contribution in [-0.4, -0.2) is 25.2 Å². The lowest BCUT2D eigenvalue weighted by Crippen LogP contribution is -2.42. The van der Waals surface area contributed by atoms with Crippen molar-refractivity contribution in [1.29, 1.82) is 0 Å². The molecule has 0 bridgehead atoms. The van der Waals surface area contributed by atoms with Gasteiger partial charge in [-0.05, 0) is 60.2 Å². The molecular formula is C25H25ClN2O3S. The van der Waals surface area contributed by atoms with Gasteiger partial charge in [0.1, 0.15) is 0 Å². The maximum Gasteiger partial charge on any atom is 0.243 e. The van der Waals surface area contributed by atoms with Gasteiger partial charge >= 0.3 is 0 Å². The molecule has 1 atom stereocenters. The first-order valence-electron chi connectivity index (χ1n) is 10.6. The van der Waals surface area contributed by atoms with Crippen LogP contribution in [0.4, 0.5) is 0 Å². The quantitative estimate of drug-likeness (QED) is 0.545. The molecule has 0 spiro atoms. The van der Waals surface area contributed by atoms with Gasteiger partial charge in [-0.15, -0.1) is 0 Å². The summed E-state index contributed by atoms with van der Waals surface area (Å²) in [7, 11) is -3.90. The van der Waals surface area contributed by atoms with E-state index < -0.39 is 10.0 Å². The second-order valence-corrected chi connectivity index (χ2v) is 10.3. The van der Waals surface area contributed by atoms with E-state index in [9.17, 15) is 13.2 Å². The zero-order valence-electron chi connectivity index (χ0n) is 17.6. The first-order chi connectivity index (χ1) is 15.4. The van der Waals surface area contributed by atoms with Crippen molar-refractivity contribution in [2.24, 2.45) is 0 Å². The molecule has 0 radical (unpaired) electrons. The molecule has 7 heteroatoms. The van der Waals surface area contributed by atoms with Crippen LogP contribution in [0.2, 0.25) is 5.02 Å². The van der Waals surface area contributed by atoms with Crippen molar-refractivity contribution in [2.45, 2.75) is 36.7 Å². The minimum atomic E-state index is -3.90. The van der Waals surface area contributed by atoms with Crippen LogP contribution in [0.5, 0.6) is 0 Å². The molecule has 0 fully saturated rings. The molecule has 4 rings (SSSR count). The maximum absolute atomic E-state index is 13.4. The minimum absolute atomic E-state index is 0.0977. The fourth-order valence-electron chi connectivity index (χ4n) is 4.07. The van der Waals surface area contributed by atoms with Crippen molar-refractivity contribution in [3.63, 3.8) is 0 Å². The predicted octanol–water partition coefficient (Wildman–Crippen LogP) is 4.72. The van der Waals surface area contributed by atoms with E-state index >= 15 is 0 Å². The Balaban J connectivity index is 1.56.